The molecule has 3 fully saturated rings. The summed E-state index contributed by atoms with van der Waals surface area (Å²) in [6.07, 6.45) is 63.9. The van der Waals surface area contributed by atoms with Crippen LogP contribution >= 0.6 is 0 Å². The van der Waals surface area contributed by atoms with Crippen LogP contribution in [-0.4, -0.2) is 193 Å². The van der Waals surface area contributed by atoms with Gasteiger partial charge in [-0.3, -0.25) is 4.79 Å². The van der Waals surface area contributed by atoms with Crippen molar-refractivity contribution in [3.05, 3.63) is 0 Å². The molecule has 0 aromatic rings. The molecule has 0 aliphatic carbocycles. The van der Waals surface area contributed by atoms with Crippen LogP contribution < -0.4 is 5.32 Å². The zero-order valence-electron chi connectivity index (χ0n) is 72.2. The Morgan fingerprint density at radius 1 is 0.286 bits per heavy atom. The molecule has 3 saturated heterocycles. The largest absolute Gasteiger partial charge is 0.394 e. The van der Waals surface area contributed by atoms with Crippen LogP contribution in [0.25, 0.3) is 0 Å². The fourth-order valence-electron chi connectivity index (χ4n) is 17.0. The highest BCUT2D eigenvalue weighted by Gasteiger charge is 2.54. The van der Waals surface area contributed by atoms with Crippen molar-refractivity contribution in [1.29, 1.82) is 0 Å². The first-order valence-corrected chi connectivity index (χ1v) is 48.3. The minimum absolute atomic E-state index is 0.230. The number of unbranched alkanes of at least 4 members (excludes halogenated alkanes) is 65. The van der Waals surface area contributed by atoms with Crippen LogP contribution in [0.5, 0.6) is 0 Å². The second kappa shape index (κ2) is 73.7. The number of rotatable bonds is 81. The molecule has 3 heterocycles. The van der Waals surface area contributed by atoms with E-state index in [4.69, 9.17) is 28.4 Å². The van der Waals surface area contributed by atoms with Crippen LogP contribution in [0.3, 0.4) is 0 Å². The second-order valence-electron chi connectivity index (χ2n) is 34.9. The summed E-state index contributed by atoms with van der Waals surface area (Å²) < 4.78 is 34.6. The Labute approximate surface area is 684 Å². The lowest BCUT2D eigenvalue weighted by Gasteiger charge is -2.48. The summed E-state index contributed by atoms with van der Waals surface area (Å²) in [6.45, 7) is 1.90. The molecule has 19 nitrogen and oxygen atoms in total. The third-order valence-electron chi connectivity index (χ3n) is 24.7. The molecule has 17 unspecified atom stereocenters. The van der Waals surface area contributed by atoms with Crippen molar-refractivity contribution in [3.8, 4) is 0 Å². The number of carbonyl (C=O) groups excluding carboxylic acids is 1. The highest BCUT2D eigenvalue weighted by molar-refractivity contribution is 5.76. The molecule has 0 radical (unpaired) electrons. The molecule has 0 aromatic heterocycles. The Balaban J connectivity index is 1.27. The van der Waals surface area contributed by atoms with Gasteiger partial charge in [0.1, 0.15) is 73.2 Å². The predicted molar refractivity (Wildman–Crippen MR) is 453 cm³/mol. The van der Waals surface area contributed by atoms with Crippen LogP contribution in [0.15, 0.2) is 0 Å². The highest BCUT2D eigenvalue weighted by atomic mass is 16.8. The van der Waals surface area contributed by atoms with E-state index in [2.05, 4.69) is 19.2 Å². The van der Waals surface area contributed by atoms with Gasteiger partial charge in [-0.15, -0.1) is 0 Å². The molecule has 0 spiro atoms. The number of aliphatic hydroxyl groups excluding tert-OH is 11. The van der Waals surface area contributed by atoms with Crippen LogP contribution in [0.1, 0.15) is 457 Å². The SMILES string of the molecule is CCCCCCCCCCCCCCCCCCCCCCCCCCCCCCCCCCCCCCCCCCCC(=O)NC(COC1OC(CO)C(OC2OC(CO)C(OC3OC(CO)C(O)C(O)C3O)C(O)C2O)C(O)C1O)C(O)CCCCCCCCCCCCCCCCCCCCCCCCCCCC. The van der Waals surface area contributed by atoms with Gasteiger partial charge < -0.3 is 89.9 Å². The first-order chi connectivity index (χ1) is 54.8. The zero-order valence-corrected chi connectivity index (χ0v) is 72.2. The molecule has 0 bridgehead atoms. The van der Waals surface area contributed by atoms with E-state index in [9.17, 15) is 61.0 Å². The quantitative estimate of drug-likeness (QED) is 0.0252. The molecule has 0 aromatic carbocycles. The molecular weight excluding hydrogens is 1420 g/mol. The van der Waals surface area contributed by atoms with E-state index in [1.807, 2.05) is 0 Å². The zero-order chi connectivity index (χ0) is 81.0. The Bertz CT molecular complexity index is 2010. The number of carbonyl (C=O) groups is 1. The smallest absolute Gasteiger partial charge is 0.220 e. The summed E-state index contributed by atoms with van der Waals surface area (Å²) in [6, 6.07) is -0.885. The fraction of sp³-hybridized carbons (Fsp3) is 0.989. The van der Waals surface area contributed by atoms with E-state index in [-0.39, 0.29) is 18.9 Å². The highest BCUT2D eigenvalue weighted by Crippen LogP contribution is 2.34. The van der Waals surface area contributed by atoms with Gasteiger partial charge in [-0.2, -0.15) is 0 Å². The van der Waals surface area contributed by atoms with Crippen LogP contribution in [0.2, 0.25) is 0 Å². The lowest BCUT2D eigenvalue weighted by atomic mass is 9.96. The maximum absolute atomic E-state index is 13.6. The van der Waals surface area contributed by atoms with E-state index in [0.717, 1.165) is 44.9 Å². The van der Waals surface area contributed by atoms with Gasteiger partial charge in [-0.1, -0.05) is 438 Å². The Morgan fingerprint density at radius 2 is 0.509 bits per heavy atom. The summed E-state index contributed by atoms with van der Waals surface area (Å²) in [4.78, 5) is 13.6. The van der Waals surface area contributed by atoms with Crippen molar-refractivity contribution in [3.63, 3.8) is 0 Å². The molecule has 17 atom stereocenters. The molecule has 0 saturated carbocycles. The Hall–Kier alpha value is -1.21. The summed E-state index contributed by atoms with van der Waals surface area (Å²) in [7, 11) is 0. The number of nitrogens with one attached hydrogen (secondary N) is 1. The average Bonchev–Trinajstić information content (AvgIpc) is 0.781. The summed E-state index contributed by atoms with van der Waals surface area (Å²) in [5, 5.41) is 121. The standard InChI is InChI=1S/C93H181NO18/c1-3-5-7-9-11-13-15-17-19-21-23-25-27-29-31-32-33-34-35-36-37-38-39-40-41-42-43-44-45-47-49-51-53-55-57-59-61-63-65-67-69-71-81(99)94-76(77(98)70-68-66-64-62-60-58-56-54-52-50-48-46-30-28-26-24-22-20-18-16-14-12-10-8-6-4-2)75-107-91-87(105)84(102)89(79(73-96)109-91)112-93-88(106)85(103)90(80(74-97)110-93)111-92-86(104)83(101)82(100)78(72-95)108-92/h76-80,82-93,95-98,100-106H,3-75H2,1-2H3,(H,94,99). The first kappa shape index (κ1) is 105. The van der Waals surface area contributed by atoms with Gasteiger partial charge in [0, 0.05) is 6.42 Å². The summed E-state index contributed by atoms with van der Waals surface area (Å²) in [5.74, 6) is -0.230. The van der Waals surface area contributed by atoms with Gasteiger partial charge >= 0.3 is 0 Å². The molecular formula is C93H181NO18. The topological polar surface area (TPSA) is 307 Å². The molecule has 1 amide bonds. The van der Waals surface area contributed by atoms with E-state index in [1.165, 1.54) is 379 Å². The molecule has 3 rings (SSSR count). The van der Waals surface area contributed by atoms with Crippen molar-refractivity contribution in [1.82, 2.24) is 5.32 Å². The van der Waals surface area contributed by atoms with Crippen LogP contribution in [0, 0.1) is 0 Å². The summed E-state index contributed by atoms with van der Waals surface area (Å²) >= 11 is 0. The van der Waals surface area contributed by atoms with Crippen molar-refractivity contribution in [2.24, 2.45) is 0 Å². The number of ether oxygens (including phenoxy) is 6. The third-order valence-corrected chi connectivity index (χ3v) is 24.7. The summed E-state index contributed by atoms with van der Waals surface area (Å²) in [5.41, 5.74) is 0. The third kappa shape index (κ3) is 51.4. The maximum atomic E-state index is 13.6. The van der Waals surface area contributed by atoms with Gasteiger partial charge in [0.05, 0.1) is 38.6 Å². The Kier molecular flexibility index (Phi) is 69.1. The van der Waals surface area contributed by atoms with Crippen LogP contribution in [0.4, 0.5) is 0 Å². The van der Waals surface area contributed by atoms with E-state index >= 15 is 0 Å². The van der Waals surface area contributed by atoms with Gasteiger partial charge in [0.15, 0.2) is 18.9 Å². The van der Waals surface area contributed by atoms with Gasteiger partial charge in [0.25, 0.3) is 0 Å². The maximum Gasteiger partial charge on any atom is 0.220 e. The fourth-order valence-corrected chi connectivity index (χ4v) is 17.0. The lowest BCUT2D eigenvalue weighted by molar-refractivity contribution is -0.379. The van der Waals surface area contributed by atoms with Gasteiger partial charge in [-0.05, 0) is 12.8 Å². The van der Waals surface area contributed by atoms with Crippen molar-refractivity contribution >= 4 is 5.91 Å². The van der Waals surface area contributed by atoms with E-state index in [0.29, 0.717) is 12.8 Å². The monoisotopic (exact) mass is 1600 g/mol. The molecule has 3 aliphatic rings. The van der Waals surface area contributed by atoms with Crippen molar-refractivity contribution in [2.45, 2.75) is 561 Å². The molecule has 3 aliphatic heterocycles. The number of amides is 1. The molecule has 12 N–H and O–H groups in total. The van der Waals surface area contributed by atoms with Crippen molar-refractivity contribution < 1.29 is 89.4 Å². The normalized spacial score (nSPS) is 24.8. The number of aliphatic hydroxyl groups is 11. The van der Waals surface area contributed by atoms with Gasteiger partial charge in [0.2, 0.25) is 5.91 Å². The van der Waals surface area contributed by atoms with Gasteiger partial charge in [-0.25, -0.2) is 0 Å². The predicted octanol–water partition coefficient (Wildman–Crippen LogP) is 19.3. The lowest BCUT2D eigenvalue weighted by Crippen LogP contribution is -2.66. The molecule has 19 heteroatoms. The minimum atomic E-state index is -1.97. The average molecular weight is 1600 g/mol. The molecule has 112 heavy (non-hydrogen) atoms. The first-order valence-electron chi connectivity index (χ1n) is 48.3. The van der Waals surface area contributed by atoms with Crippen LogP contribution in [-0.2, 0) is 33.2 Å². The number of hydrogen-bond acceptors (Lipinski definition) is 18. The van der Waals surface area contributed by atoms with E-state index in [1.54, 1.807) is 0 Å². The van der Waals surface area contributed by atoms with Crippen molar-refractivity contribution in [2.75, 3.05) is 26.4 Å². The Morgan fingerprint density at radius 3 is 0.777 bits per heavy atom. The molecule has 666 valence electrons. The van der Waals surface area contributed by atoms with E-state index < -0.39 is 124 Å². The number of hydrogen-bond donors (Lipinski definition) is 12. The minimum Gasteiger partial charge on any atom is -0.394 e. The second-order valence-corrected chi connectivity index (χ2v) is 34.9.